The van der Waals surface area contributed by atoms with Gasteiger partial charge in [-0.1, -0.05) is 152 Å². The molecule has 0 N–H and O–H groups in total. The molecule has 0 aliphatic heterocycles. The van der Waals surface area contributed by atoms with Crippen LogP contribution in [-0.4, -0.2) is 0 Å². The average molecular weight is 663 g/mol. The number of rotatable bonds is 4. The van der Waals surface area contributed by atoms with Crippen LogP contribution < -0.4 is 0 Å². The van der Waals surface area contributed by atoms with Crippen LogP contribution in [0, 0.1) is 0 Å². The quantitative estimate of drug-likeness (QED) is 0.175. The van der Waals surface area contributed by atoms with E-state index in [2.05, 4.69) is 164 Å². The lowest BCUT2D eigenvalue weighted by Crippen LogP contribution is -1.90. The van der Waals surface area contributed by atoms with Crippen molar-refractivity contribution in [2.45, 2.75) is 0 Å². The molecule has 2 heteroatoms. The number of fused-ring (bicyclic) bond motifs is 7. The molecule has 0 saturated heterocycles. The van der Waals surface area contributed by atoms with E-state index in [0.717, 1.165) is 55.2 Å². The predicted octanol–water partition coefficient (Wildman–Crippen LogP) is 14.5. The molecule has 0 saturated carbocycles. The lowest BCUT2D eigenvalue weighted by molar-refractivity contribution is 0.583. The van der Waals surface area contributed by atoms with Gasteiger partial charge in [-0.25, -0.2) is 0 Å². The Bertz CT molecular complexity index is 3050. The first-order valence-corrected chi connectivity index (χ1v) is 17.8. The Balaban J connectivity index is 1.18. The maximum absolute atomic E-state index is 7.00. The van der Waals surface area contributed by atoms with Gasteiger partial charge < -0.3 is 8.83 Å². The third-order valence-corrected chi connectivity index (χ3v) is 10.7. The van der Waals surface area contributed by atoms with Gasteiger partial charge in [0.1, 0.15) is 16.9 Å². The van der Waals surface area contributed by atoms with Gasteiger partial charge in [0.15, 0.2) is 0 Å². The van der Waals surface area contributed by atoms with Crippen LogP contribution in [0.1, 0.15) is 0 Å². The smallest absolute Gasteiger partial charge is 0.143 e. The Kier molecular flexibility index (Phi) is 6.28. The van der Waals surface area contributed by atoms with Gasteiger partial charge in [0.05, 0.1) is 6.26 Å². The first kappa shape index (κ1) is 28.9. The van der Waals surface area contributed by atoms with Gasteiger partial charge >= 0.3 is 0 Å². The van der Waals surface area contributed by atoms with Crippen molar-refractivity contribution in [3.63, 3.8) is 0 Å². The minimum Gasteiger partial charge on any atom is -0.464 e. The summed E-state index contributed by atoms with van der Waals surface area (Å²) >= 11 is 0. The second-order valence-electron chi connectivity index (χ2n) is 13.5. The summed E-state index contributed by atoms with van der Waals surface area (Å²) in [5, 5.41) is 11.8. The number of benzene rings is 9. The summed E-state index contributed by atoms with van der Waals surface area (Å²) in [6.07, 6.45) is 1.75. The molecule has 9 aromatic carbocycles. The molecule has 11 rings (SSSR count). The van der Waals surface area contributed by atoms with E-state index in [1.807, 2.05) is 12.1 Å². The van der Waals surface area contributed by atoms with E-state index in [-0.39, 0.29) is 0 Å². The van der Waals surface area contributed by atoms with Crippen LogP contribution in [0.3, 0.4) is 0 Å². The Hall–Kier alpha value is -6.90. The Morgan fingerprint density at radius 3 is 1.37 bits per heavy atom. The van der Waals surface area contributed by atoms with Crippen LogP contribution in [-0.2, 0) is 0 Å². The van der Waals surface area contributed by atoms with Crippen LogP contribution in [0.4, 0.5) is 0 Å². The second-order valence-corrected chi connectivity index (χ2v) is 13.5. The van der Waals surface area contributed by atoms with Crippen LogP contribution in [0.25, 0.3) is 110 Å². The van der Waals surface area contributed by atoms with Crippen molar-refractivity contribution in [1.82, 2.24) is 0 Å². The highest BCUT2D eigenvalue weighted by Crippen LogP contribution is 2.48. The van der Waals surface area contributed by atoms with Crippen molar-refractivity contribution >= 4 is 65.0 Å². The van der Waals surface area contributed by atoms with Gasteiger partial charge in [-0.15, -0.1) is 0 Å². The molecule has 242 valence electrons. The van der Waals surface area contributed by atoms with E-state index < -0.39 is 0 Å². The fourth-order valence-electron chi connectivity index (χ4n) is 8.61. The lowest BCUT2D eigenvalue weighted by atomic mass is 9.85. The molecule has 52 heavy (non-hydrogen) atoms. The zero-order valence-electron chi connectivity index (χ0n) is 28.1. The molecule has 2 nitrogen and oxygen atoms in total. The van der Waals surface area contributed by atoms with Gasteiger partial charge in [-0.3, -0.25) is 0 Å². The molecule has 0 bridgehead atoms. The number of para-hydroxylation sites is 1. The summed E-state index contributed by atoms with van der Waals surface area (Å²) < 4.78 is 13.0. The van der Waals surface area contributed by atoms with Gasteiger partial charge in [-0.2, -0.15) is 0 Å². The third kappa shape index (κ3) is 4.19. The molecule has 0 atom stereocenters. The monoisotopic (exact) mass is 662 g/mol. The van der Waals surface area contributed by atoms with Crippen LogP contribution in [0.5, 0.6) is 0 Å². The standard InChI is InChI=1S/C50H30O2/c1-2-14-31(15-3-1)46-34-16-4-8-20-38(34)48(39-21-9-5-17-35(39)46)43-25-12-24-42-33-28-27-32(30-45(33)52-50(42)43)47-36-18-6-10-22-40(36)49(44-26-13-29-51-44)41-23-11-7-19-37(41)47/h1-30H. The molecule has 0 amide bonds. The molecule has 11 aromatic rings. The highest BCUT2D eigenvalue weighted by atomic mass is 16.3. The highest BCUT2D eigenvalue weighted by Gasteiger charge is 2.22. The number of hydrogen-bond donors (Lipinski definition) is 0. The molecule has 0 aliphatic carbocycles. The van der Waals surface area contributed by atoms with E-state index in [9.17, 15) is 0 Å². The predicted molar refractivity (Wildman–Crippen MR) is 218 cm³/mol. The van der Waals surface area contributed by atoms with E-state index in [4.69, 9.17) is 8.83 Å². The maximum atomic E-state index is 7.00. The summed E-state index contributed by atoms with van der Waals surface area (Å²) in [4.78, 5) is 0. The molecular formula is C50H30O2. The Labute approximate surface area is 299 Å². The molecule has 0 unspecified atom stereocenters. The number of furan rings is 2. The van der Waals surface area contributed by atoms with Crippen LogP contribution >= 0.6 is 0 Å². The van der Waals surface area contributed by atoms with Gasteiger partial charge in [0.2, 0.25) is 0 Å². The van der Waals surface area contributed by atoms with Crippen molar-refractivity contribution in [3.05, 3.63) is 182 Å². The normalized spacial score (nSPS) is 11.8. The molecule has 0 fully saturated rings. The van der Waals surface area contributed by atoms with Crippen molar-refractivity contribution in [2.24, 2.45) is 0 Å². The number of hydrogen-bond acceptors (Lipinski definition) is 2. The van der Waals surface area contributed by atoms with E-state index >= 15 is 0 Å². The van der Waals surface area contributed by atoms with E-state index in [1.54, 1.807) is 6.26 Å². The van der Waals surface area contributed by atoms with Crippen LogP contribution in [0.15, 0.2) is 191 Å². The fourth-order valence-corrected chi connectivity index (χ4v) is 8.61. The zero-order chi connectivity index (χ0) is 34.2. The molecule has 2 aromatic heterocycles. The van der Waals surface area contributed by atoms with Gasteiger partial charge in [-0.05, 0) is 89.6 Å². The minimum atomic E-state index is 0.871. The van der Waals surface area contributed by atoms with Crippen molar-refractivity contribution in [1.29, 1.82) is 0 Å². The van der Waals surface area contributed by atoms with Crippen LogP contribution in [0.2, 0.25) is 0 Å². The summed E-state index contributed by atoms with van der Waals surface area (Å²) in [6, 6.07) is 63.0. The maximum Gasteiger partial charge on any atom is 0.143 e. The molecular weight excluding hydrogens is 633 g/mol. The SMILES string of the molecule is c1ccc(-c2c3ccccc3c(-c3cccc4c3oc3cc(-c5c6ccccc6c(-c6ccco6)c6ccccc56)ccc34)c3ccccc23)cc1. The van der Waals surface area contributed by atoms with E-state index in [1.165, 1.54) is 54.6 Å². The van der Waals surface area contributed by atoms with Crippen molar-refractivity contribution < 1.29 is 8.83 Å². The molecule has 2 heterocycles. The van der Waals surface area contributed by atoms with Crippen molar-refractivity contribution in [3.8, 4) is 44.7 Å². The summed E-state index contributed by atoms with van der Waals surface area (Å²) in [5.41, 5.74) is 9.97. The summed E-state index contributed by atoms with van der Waals surface area (Å²) in [6.45, 7) is 0. The Morgan fingerprint density at radius 1 is 0.308 bits per heavy atom. The minimum absolute atomic E-state index is 0.871. The van der Waals surface area contributed by atoms with Gasteiger partial charge in [0, 0.05) is 27.5 Å². The van der Waals surface area contributed by atoms with Gasteiger partial charge in [0.25, 0.3) is 0 Å². The first-order valence-electron chi connectivity index (χ1n) is 17.8. The zero-order valence-corrected chi connectivity index (χ0v) is 28.1. The largest absolute Gasteiger partial charge is 0.464 e. The molecule has 0 spiro atoms. The lowest BCUT2D eigenvalue weighted by Gasteiger charge is -2.17. The summed E-state index contributed by atoms with van der Waals surface area (Å²) in [5.74, 6) is 0.871. The molecule has 0 aliphatic rings. The second kappa shape index (κ2) is 11.3. The highest BCUT2D eigenvalue weighted by molar-refractivity contribution is 6.25. The van der Waals surface area contributed by atoms with E-state index in [0.29, 0.717) is 0 Å². The Morgan fingerprint density at radius 2 is 0.808 bits per heavy atom. The first-order chi connectivity index (χ1) is 25.8. The average Bonchev–Trinajstić information content (AvgIpc) is 3.88. The third-order valence-electron chi connectivity index (χ3n) is 10.7. The van der Waals surface area contributed by atoms with Crippen molar-refractivity contribution in [2.75, 3.05) is 0 Å². The fraction of sp³-hybridized carbons (Fsp3) is 0. The molecule has 0 radical (unpaired) electrons. The summed E-state index contributed by atoms with van der Waals surface area (Å²) in [7, 11) is 0. The topological polar surface area (TPSA) is 26.3 Å².